The Hall–Kier alpha value is -2.88. The summed E-state index contributed by atoms with van der Waals surface area (Å²) in [6.45, 7) is 8.23. The number of halogens is 2. The SMILES string of the molecule is C=CCn1c(SCc2ccc([N+](=O)[O-])cc2)nnc1[C@H](NC(=O)c1ccc(Cl)cc1Cl)C(C)C. The number of hydrogen-bond donors (Lipinski definition) is 1. The van der Waals surface area contributed by atoms with E-state index in [0.717, 1.165) is 5.56 Å². The molecule has 34 heavy (non-hydrogen) atoms. The summed E-state index contributed by atoms with van der Waals surface area (Å²) in [5.74, 6) is 0.815. The lowest BCUT2D eigenvalue weighted by molar-refractivity contribution is -0.384. The van der Waals surface area contributed by atoms with Crippen LogP contribution in [0.1, 0.15) is 41.6 Å². The summed E-state index contributed by atoms with van der Waals surface area (Å²) >= 11 is 13.6. The smallest absolute Gasteiger partial charge is 0.269 e. The number of allylic oxidation sites excluding steroid dienone is 1. The predicted molar refractivity (Wildman–Crippen MR) is 134 cm³/mol. The molecular weight excluding hydrogens is 497 g/mol. The number of nitrogens with zero attached hydrogens (tertiary/aromatic N) is 4. The first-order valence-electron chi connectivity index (χ1n) is 10.4. The van der Waals surface area contributed by atoms with Gasteiger partial charge < -0.3 is 9.88 Å². The van der Waals surface area contributed by atoms with Crippen LogP contribution < -0.4 is 5.32 Å². The van der Waals surface area contributed by atoms with Crippen molar-refractivity contribution in [2.24, 2.45) is 5.92 Å². The monoisotopic (exact) mass is 519 g/mol. The number of rotatable bonds is 10. The summed E-state index contributed by atoms with van der Waals surface area (Å²) in [5.41, 5.74) is 1.28. The van der Waals surface area contributed by atoms with Gasteiger partial charge in [0.15, 0.2) is 11.0 Å². The molecule has 0 saturated carbocycles. The highest BCUT2D eigenvalue weighted by atomic mass is 35.5. The number of thioether (sulfide) groups is 1. The Morgan fingerprint density at radius 3 is 2.53 bits per heavy atom. The van der Waals surface area contributed by atoms with E-state index in [-0.39, 0.29) is 22.5 Å². The third kappa shape index (κ3) is 6.16. The van der Waals surface area contributed by atoms with Gasteiger partial charge in [0.2, 0.25) is 0 Å². The summed E-state index contributed by atoms with van der Waals surface area (Å²) in [4.78, 5) is 23.4. The molecule has 0 spiro atoms. The van der Waals surface area contributed by atoms with E-state index in [1.807, 2.05) is 18.4 Å². The molecule has 0 aliphatic carbocycles. The van der Waals surface area contributed by atoms with Crippen LogP contribution in [0.3, 0.4) is 0 Å². The number of nitro benzene ring substituents is 1. The van der Waals surface area contributed by atoms with E-state index >= 15 is 0 Å². The standard InChI is InChI=1S/C23H23Cl2N5O3S/c1-4-11-29-21(20(14(2)3)26-22(31)18-10-7-16(24)12-19(18)25)27-28-23(29)34-13-15-5-8-17(9-6-15)30(32)33/h4-10,12,14,20H,1,11,13H2,2-3H3,(H,26,31)/t20-/m1/s1. The molecular formula is C23H23Cl2N5O3S. The molecule has 1 N–H and O–H groups in total. The van der Waals surface area contributed by atoms with Crippen LogP contribution in [0, 0.1) is 16.0 Å². The van der Waals surface area contributed by atoms with E-state index in [1.165, 1.54) is 30.0 Å². The van der Waals surface area contributed by atoms with Crippen molar-refractivity contribution in [2.75, 3.05) is 0 Å². The van der Waals surface area contributed by atoms with Crippen LogP contribution in [0.4, 0.5) is 5.69 Å². The van der Waals surface area contributed by atoms with E-state index in [9.17, 15) is 14.9 Å². The van der Waals surface area contributed by atoms with Crippen LogP contribution in [-0.4, -0.2) is 25.6 Å². The number of aromatic nitrogens is 3. The minimum absolute atomic E-state index is 0.00955. The van der Waals surface area contributed by atoms with E-state index in [4.69, 9.17) is 23.2 Å². The maximum absolute atomic E-state index is 13.0. The zero-order chi connectivity index (χ0) is 24.8. The third-order valence-electron chi connectivity index (χ3n) is 4.98. The van der Waals surface area contributed by atoms with Gasteiger partial charge in [-0.2, -0.15) is 0 Å². The molecule has 0 unspecified atom stereocenters. The summed E-state index contributed by atoms with van der Waals surface area (Å²) < 4.78 is 1.90. The Balaban J connectivity index is 1.82. The molecule has 0 bridgehead atoms. The van der Waals surface area contributed by atoms with Gasteiger partial charge in [0.25, 0.3) is 11.6 Å². The maximum atomic E-state index is 13.0. The van der Waals surface area contributed by atoms with Gasteiger partial charge in [-0.1, -0.05) is 67.0 Å². The van der Waals surface area contributed by atoms with Crippen molar-refractivity contribution in [3.05, 3.63) is 92.2 Å². The molecule has 3 aromatic rings. The molecule has 2 aromatic carbocycles. The van der Waals surface area contributed by atoms with Crippen LogP contribution in [0.15, 0.2) is 60.3 Å². The molecule has 1 amide bonds. The zero-order valence-corrected chi connectivity index (χ0v) is 20.9. The highest BCUT2D eigenvalue weighted by Crippen LogP contribution is 2.29. The number of amides is 1. The number of nitro groups is 1. The molecule has 0 radical (unpaired) electrons. The number of nitrogens with one attached hydrogen (secondary N) is 1. The van der Waals surface area contributed by atoms with Gasteiger partial charge in [-0.15, -0.1) is 16.8 Å². The number of hydrogen-bond acceptors (Lipinski definition) is 6. The normalized spacial score (nSPS) is 11.9. The summed E-state index contributed by atoms with van der Waals surface area (Å²) in [5, 5.41) is 23.9. The summed E-state index contributed by atoms with van der Waals surface area (Å²) in [6.07, 6.45) is 1.73. The van der Waals surface area contributed by atoms with Crippen molar-refractivity contribution < 1.29 is 9.72 Å². The van der Waals surface area contributed by atoms with Crippen molar-refractivity contribution in [2.45, 2.75) is 37.3 Å². The second kappa shape index (κ2) is 11.5. The van der Waals surface area contributed by atoms with Gasteiger partial charge in [-0.3, -0.25) is 14.9 Å². The molecule has 3 rings (SSSR count). The van der Waals surface area contributed by atoms with Gasteiger partial charge in [0, 0.05) is 29.5 Å². The Labute approximate surface area is 211 Å². The molecule has 0 aliphatic rings. The van der Waals surface area contributed by atoms with Gasteiger partial charge in [0.1, 0.15) is 0 Å². The summed E-state index contributed by atoms with van der Waals surface area (Å²) in [7, 11) is 0. The average Bonchev–Trinajstić information content (AvgIpc) is 3.18. The van der Waals surface area contributed by atoms with Gasteiger partial charge in [0.05, 0.1) is 21.6 Å². The van der Waals surface area contributed by atoms with Crippen molar-refractivity contribution in [3.8, 4) is 0 Å². The van der Waals surface area contributed by atoms with E-state index < -0.39 is 11.0 Å². The number of carbonyl (C=O) groups excluding carboxylic acids is 1. The number of carbonyl (C=O) groups is 1. The minimum atomic E-state index is -0.430. The molecule has 8 nitrogen and oxygen atoms in total. The first-order chi connectivity index (χ1) is 16.2. The molecule has 0 fully saturated rings. The van der Waals surface area contributed by atoms with Crippen LogP contribution in [0.2, 0.25) is 10.0 Å². The Kier molecular flexibility index (Phi) is 8.71. The van der Waals surface area contributed by atoms with E-state index in [0.29, 0.717) is 33.9 Å². The Bertz CT molecular complexity index is 1200. The van der Waals surface area contributed by atoms with E-state index in [2.05, 4.69) is 22.1 Å². The number of benzene rings is 2. The molecule has 11 heteroatoms. The minimum Gasteiger partial charge on any atom is -0.342 e. The van der Waals surface area contributed by atoms with Gasteiger partial charge in [-0.05, 0) is 29.7 Å². The molecule has 1 atom stereocenters. The molecule has 178 valence electrons. The highest BCUT2D eigenvalue weighted by Gasteiger charge is 2.27. The lowest BCUT2D eigenvalue weighted by Crippen LogP contribution is -2.34. The second-order valence-corrected chi connectivity index (χ2v) is 9.56. The zero-order valence-electron chi connectivity index (χ0n) is 18.6. The van der Waals surface area contributed by atoms with Crippen molar-refractivity contribution in [3.63, 3.8) is 0 Å². The number of non-ortho nitro benzene ring substituents is 1. The Morgan fingerprint density at radius 1 is 1.24 bits per heavy atom. The summed E-state index contributed by atoms with van der Waals surface area (Å²) in [6, 6.07) is 10.7. The Morgan fingerprint density at radius 2 is 1.94 bits per heavy atom. The lowest BCUT2D eigenvalue weighted by Gasteiger charge is -2.23. The van der Waals surface area contributed by atoms with Crippen molar-refractivity contribution in [1.29, 1.82) is 0 Å². The van der Waals surface area contributed by atoms with Crippen LogP contribution >= 0.6 is 35.0 Å². The first-order valence-corrected chi connectivity index (χ1v) is 12.1. The third-order valence-corrected chi connectivity index (χ3v) is 6.57. The first kappa shape index (κ1) is 25.7. The van der Waals surface area contributed by atoms with Crippen molar-refractivity contribution >= 4 is 46.6 Å². The molecule has 1 aromatic heterocycles. The predicted octanol–water partition coefficient (Wildman–Crippen LogP) is 6.10. The van der Waals surface area contributed by atoms with Gasteiger partial charge in [-0.25, -0.2) is 0 Å². The fourth-order valence-electron chi connectivity index (χ4n) is 3.22. The fraction of sp³-hybridized carbons (Fsp3) is 0.261. The maximum Gasteiger partial charge on any atom is 0.269 e. The van der Waals surface area contributed by atoms with Crippen LogP contribution in [0.5, 0.6) is 0 Å². The second-order valence-electron chi connectivity index (χ2n) is 7.77. The van der Waals surface area contributed by atoms with Crippen LogP contribution in [0.25, 0.3) is 0 Å². The lowest BCUT2D eigenvalue weighted by atomic mass is 10.0. The fourth-order valence-corrected chi connectivity index (χ4v) is 4.63. The topological polar surface area (TPSA) is 103 Å². The van der Waals surface area contributed by atoms with Crippen molar-refractivity contribution in [1.82, 2.24) is 20.1 Å². The molecule has 1 heterocycles. The largest absolute Gasteiger partial charge is 0.342 e. The quantitative estimate of drug-likeness (QED) is 0.150. The molecule has 0 aliphatic heterocycles. The average molecular weight is 520 g/mol. The van der Waals surface area contributed by atoms with Gasteiger partial charge >= 0.3 is 0 Å². The van der Waals surface area contributed by atoms with E-state index in [1.54, 1.807) is 30.3 Å². The molecule has 0 saturated heterocycles. The van der Waals surface area contributed by atoms with Crippen LogP contribution in [-0.2, 0) is 12.3 Å². The highest BCUT2D eigenvalue weighted by molar-refractivity contribution is 7.98.